The van der Waals surface area contributed by atoms with Crippen LogP contribution in [-0.2, 0) is 6.61 Å². The number of anilines is 1. The second kappa shape index (κ2) is 6.40. The minimum Gasteiger partial charge on any atom is -0.487 e. The Morgan fingerprint density at radius 2 is 1.86 bits per heavy atom. The molecule has 0 fully saturated rings. The van der Waals surface area contributed by atoms with E-state index in [1.165, 1.54) is 0 Å². The quantitative estimate of drug-likeness (QED) is 0.443. The summed E-state index contributed by atoms with van der Waals surface area (Å²) in [4.78, 5) is 20.0. The van der Waals surface area contributed by atoms with Crippen molar-refractivity contribution in [3.8, 4) is 5.75 Å². The highest BCUT2D eigenvalue weighted by atomic mass is 16.5. The topological polar surface area (TPSA) is 116 Å². The van der Waals surface area contributed by atoms with Crippen molar-refractivity contribution in [2.75, 3.05) is 5.73 Å². The van der Waals surface area contributed by atoms with Gasteiger partial charge in [-0.3, -0.25) is 10.2 Å². The van der Waals surface area contributed by atoms with Gasteiger partial charge in [-0.15, -0.1) is 0 Å². The molecule has 0 bridgehead atoms. The van der Waals surface area contributed by atoms with Crippen LogP contribution in [0.3, 0.4) is 0 Å². The molecule has 0 aliphatic carbocycles. The van der Waals surface area contributed by atoms with Crippen molar-refractivity contribution < 1.29 is 9.53 Å². The number of amides is 1. The molecule has 7 heteroatoms. The molecular weight excluding hydrogens is 282 g/mol. The van der Waals surface area contributed by atoms with Gasteiger partial charge in [0.25, 0.3) is 5.91 Å². The van der Waals surface area contributed by atoms with Crippen LogP contribution in [0.15, 0.2) is 18.2 Å². The highest BCUT2D eigenvalue weighted by molar-refractivity contribution is 5.95. The number of carbonyl (C=O) groups is 1. The van der Waals surface area contributed by atoms with Crippen molar-refractivity contribution in [1.82, 2.24) is 15.4 Å². The number of carbonyl (C=O) groups excluding carboxylic acids is 1. The van der Waals surface area contributed by atoms with Crippen LogP contribution < -0.4 is 21.7 Å². The van der Waals surface area contributed by atoms with E-state index in [4.69, 9.17) is 16.3 Å². The van der Waals surface area contributed by atoms with Crippen LogP contribution in [0, 0.1) is 20.8 Å². The lowest BCUT2D eigenvalue weighted by Gasteiger charge is -2.14. The average molecular weight is 301 g/mol. The van der Waals surface area contributed by atoms with Gasteiger partial charge in [0, 0.05) is 0 Å². The molecule has 2 rings (SSSR count). The average Bonchev–Trinajstić information content (AvgIpc) is 2.45. The Morgan fingerprint density at radius 1 is 1.23 bits per heavy atom. The smallest absolute Gasteiger partial charge is 0.269 e. The van der Waals surface area contributed by atoms with E-state index in [0.717, 1.165) is 16.9 Å². The minimum atomic E-state index is -0.474. The maximum Gasteiger partial charge on any atom is 0.269 e. The third-order valence-electron chi connectivity index (χ3n) is 3.30. The van der Waals surface area contributed by atoms with Gasteiger partial charge in [-0.1, -0.05) is 18.2 Å². The van der Waals surface area contributed by atoms with E-state index in [0.29, 0.717) is 11.4 Å². The monoisotopic (exact) mass is 301 g/mol. The lowest BCUT2D eigenvalue weighted by Crippen LogP contribution is -2.32. The number of aryl methyl sites for hydroxylation is 3. The number of nitrogens with two attached hydrogens (primary N) is 2. The first kappa shape index (κ1) is 15.7. The first-order chi connectivity index (χ1) is 10.4. The molecule has 2 aromatic rings. The maximum absolute atomic E-state index is 11.9. The Hall–Kier alpha value is -2.67. The number of nitrogens with zero attached hydrogens (tertiary/aromatic N) is 2. The fourth-order valence-electron chi connectivity index (χ4n) is 2.30. The number of aromatic nitrogens is 2. The molecule has 0 aliphatic heterocycles. The molecule has 0 saturated heterocycles. The first-order valence-corrected chi connectivity index (χ1v) is 6.77. The number of hydrogen-bond acceptors (Lipinski definition) is 6. The molecular formula is C15H19N5O2. The predicted octanol–water partition coefficient (Wildman–Crippen LogP) is 1.17. The van der Waals surface area contributed by atoms with E-state index in [1.54, 1.807) is 6.92 Å². The fraction of sp³-hybridized carbons (Fsp3) is 0.267. The summed E-state index contributed by atoms with van der Waals surface area (Å²) in [5.41, 5.74) is 10.9. The van der Waals surface area contributed by atoms with Gasteiger partial charge in [0.1, 0.15) is 12.4 Å². The summed E-state index contributed by atoms with van der Waals surface area (Å²) < 4.78 is 5.83. The number of hydrazine groups is 1. The Bertz CT molecular complexity index is 695. The molecule has 0 atom stereocenters. The number of rotatable bonds is 4. The van der Waals surface area contributed by atoms with Gasteiger partial charge in [-0.2, -0.15) is 0 Å². The van der Waals surface area contributed by atoms with Crippen LogP contribution in [0.4, 0.5) is 5.95 Å². The molecule has 116 valence electrons. The molecule has 22 heavy (non-hydrogen) atoms. The third kappa shape index (κ3) is 3.15. The van der Waals surface area contributed by atoms with E-state index in [2.05, 4.69) is 15.4 Å². The first-order valence-electron chi connectivity index (χ1n) is 6.77. The van der Waals surface area contributed by atoms with Crippen molar-refractivity contribution in [2.24, 2.45) is 5.84 Å². The van der Waals surface area contributed by atoms with Gasteiger partial charge in [0.05, 0.1) is 17.0 Å². The summed E-state index contributed by atoms with van der Waals surface area (Å²) in [5.74, 6) is 5.58. The highest BCUT2D eigenvalue weighted by Gasteiger charge is 2.18. The number of ether oxygens (including phenoxy) is 1. The van der Waals surface area contributed by atoms with Crippen LogP contribution in [0.5, 0.6) is 5.75 Å². The lowest BCUT2D eigenvalue weighted by molar-refractivity contribution is 0.0949. The van der Waals surface area contributed by atoms with Crippen LogP contribution in [-0.4, -0.2) is 15.9 Å². The van der Waals surface area contributed by atoms with E-state index < -0.39 is 5.91 Å². The van der Waals surface area contributed by atoms with Crippen molar-refractivity contribution in [2.45, 2.75) is 27.4 Å². The normalized spacial score (nSPS) is 10.4. The lowest BCUT2D eigenvalue weighted by atomic mass is 10.1. The highest BCUT2D eigenvalue weighted by Crippen LogP contribution is 2.24. The Labute approximate surface area is 128 Å². The third-order valence-corrected chi connectivity index (χ3v) is 3.30. The second-order valence-electron chi connectivity index (χ2n) is 4.97. The van der Waals surface area contributed by atoms with Crippen molar-refractivity contribution in [3.05, 3.63) is 46.3 Å². The van der Waals surface area contributed by atoms with Crippen LogP contribution in [0.25, 0.3) is 0 Å². The number of benzene rings is 1. The van der Waals surface area contributed by atoms with Gasteiger partial charge in [0.2, 0.25) is 5.95 Å². The fourth-order valence-corrected chi connectivity index (χ4v) is 2.30. The molecule has 0 unspecified atom stereocenters. The largest absolute Gasteiger partial charge is 0.487 e. The molecule has 0 spiro atoms. The molecule has 0 aliphatic rings. The summed E-state index contributed by atoms with van der Waals surface area (Å²) in [6, 6.07) is 5.86. The maximum atomic E-state index is 11.9. The zero-order valence-corrected chi connectivity index (χ0v) is 12.8. The van der Waals surface area contributed by atoms with Gasteiger partial charge >= 0.3 is 0 Å². The van der Waals surface area contributed by atoms with E-state index in [-0.39, 0.29) is 18.1 Å². The van der Waals surface area contributed by atoms with Crippen molar-refractivity contribution in [1.29, 1.82) is 0 Å². The summed E-state index contributed by atoms with van der Waals surface area (Å²) in [7, 11) is 0. The second-order valence-corrected chi connectivity index (χ2v) is 4.97. The van der Waals surface area contributed by atoms with Crippen LogP contribution in [0.1, 0.15) is 32.9 Å². The van der Waals surface area contributed by atoms with Gasteiger partial charge in [-0.05, 0) is 31.9 Å². The zero-order chi connectivity index (χ0) is 16.3. The summed E-state index contributed by atoms with van der Waals surface area (Å²) in [6.45, 7) is 5.68. The molecule has 1 aromatic carbocycles. The summed E-state index contributed by atoms with van der Waals surface area (Å²) in [5, 5.41) is 0. The molecule has 1 amide bonds. The summed E-state index contributed by atoms with van der Waals surface area (Å²) >= 11 is 0. The molecule has 0 radical (unpaired) electrons. The van der Waals surface area contributed by atoms with Gasteiger partial charge < -0.3 is 10.5 Å². The van der Waals surface area contributed by atoms with Gasteiger partial charge in [-0.25, -0.2) is 15.8 Å². The van der Waals surface area contributed by atoms with Crippen LogP contribution in [0.2, 0.25) is 0 Å². The van der Waals surface area contributed by atoms with E-state index in [9.17, 15) is 4.79 Å². The Kier molecular flexibility index (Phi) is 4.57. The number of para-hydroxylation sites is 1. The SMILES string of the molecule is Cc1cccc(C)c1OCc1nc(N)nc(C)c1C(=O)NN. The molecule has 0 saturated carbocycles. The van der Waals surface area contributed by atoms with Crippen molar-refractivity contribution >= 4 is 11.9 Å². The molecule has 7 nitrogen and oxygen atoms in total. The van der Waals surface area contributed by atoms with Gasteiger partial charge in [0.15, 0.2) is 0 Å². The predicted molar refractivity (Wildman–Crippen MR) is 83.1 cm³/mol. The number of hydrogen-bond donors (Lipinski definition) is 3. The van der Waals surface area contributed by atoms with E-state index >= 15 is 0 Å². The Morgan fingerprint density at radius 3 is 2.45 bits per heavy atom. The Balaban J connectivity index is 2.35. The molecule has 5 N–H and O–H groups in total. The molecule has 1 heterocycles. The standard InChI is InChI=1S/C15H19N5O2/c1-8-5-4-6-9(2)13(8)22-7-11-12(14(21)20-17)10(3)18-15(16)19-11/h4-6H,7,17H2,1-3H3,(H,20,21)(H2,16,18,19). The number of nitrogens with one attached hydrogen (secondary N) is 1. The minimum absolute atomic E-state index is 0.0891. The van der Waals surface area contributed by atoms with Crippen LogP contribution >= 0.6 is 0 Å². The van der Waals surface area contributed by atoms with Crippen molar-refractivity contribution in [3.63, 3.8) is 0 Å². The number of nitrogen functional groups attached to an aromatic ring is 2. The summed E-state index contributed by atoms with van der Waals surface area (Å²) in [6.07, 6.45) is 0. The molecule has 1 aromatic heterocycles. The van der Waals surface area contributed by atoms with E-state index in [1.807, 2.05) is 32.0 Å². The zero-order valence-electron chi connectivity index (χ0n) is 12.8.